The van der Waals surface area contributed by atoms with Crippen molar-refractivity contribution in [1.29, 1.82) is 0 Å². The lowest BCUT2D eigenvalue weighted by Gasteiger charge is -2.10. The van der Waals surface area contributed by atoms with Crippen LogP contribution in [0.1, 0.15) is 39.0 Å². The first-order valence-corrected chi connectivity index (χ1v) is 5.31. The molecule has 0 aromatic carbocycles. The molecule has 0 aliphatic rings. The second kappa shape index (κ2) is 4.49. The van der Waals surface area contributed by atoms with Gasteiger partial charge in [0, 0.05) is 17.3 Å². The number of aryl methyl sites for hydroxylation is 1. The van der Waals surface area contributed by atoms with Gasteiger partial charge in [-0.05, 0) is 33.1 Å². The Labute approximate surface area is 86.3 Å². The molecule has 80 valence electrons. The molecule has 14 heavy (non-hydrogen) atoms. The van der Waals surface area contributed by atoms with Crippen molar-refractivity contribution < 1.29 is 0 Å². The molecule has 1 heterocycles. The van der Waals surface area contributed by atoms with E-state index in [-0.39, 0.29) is 0 Å². The minimum atomic E-state index is 0.434. The minimum Gasteiger partial charge on any atom is -0.366 e. The molecule has 0 fully saturated rings. The summed E-state index contributed by atoms with van der Waals surface area (Å²) in [6, 6.07) is 0.434. The average molecular weight is 195 g/mol. The van der Waals surface area contributed by atoms with E-state index in [1.54, 1.807) is 0 Å². The van der Waals surface area contributed by atoms with Crippen molar-refractivity contribution in [3.8, 4) is 0 Å². The molecular formula is C11H21N3. The molecule has 1 aromatic rings. The molecule has 3 nitrogen and oxygen atoms in total. The molecule has 0 radical (unpaired) electrons. The van der Waals surface area contributed by atoms with Gasteiger partial charge in [-0.1, -0.05) is 13.8 Å². The molecule has 1 rings (SSSR count). The van der Waals surface area contributed by atoms with Crippen LogP contribution in [0.5, 0.6) is 0 Å². The van der Waals surface area contributed by atoms with Crippen LogP contribution in [0.2, 0.25) is 0 Å². The Hall–Kier alpha value is -0.990. The van der Waals surface area contributed by atoms with Gasteiger partial charge in [0.15, 0.2) is 5.82 Å². The maximum atomic E-state index is 4.27. The smallest absolute Gasteiger partial charge is 0.151 e. The van der Waals surface area contributed by atoms with E-state index in [0.717, 1.165) is 12.2 Å². The average Bonchev–Trinajstić information content (AvgIpc) is 2.34. The van der Waals surface area contributed by atoms with Crippen molar-refractivity contribution in [1.82, 2.24) is 10.2 Å². The third-order valence-corrected chi connectivity index (χ3v) is 2.11. The summed E-state index contributed by atoms with van der Waals surface area (Å²) in [7, 11) is 0. The highest BCUT2D eigenvalue weighted by Gasteiger charge is 2.11. The van der Waals surface area contributed by atoms with Gasteiger partial charge in [-0.25, -0.2) is 0 Å². The van der Waals surface area contributed by atoms with Gasteiger partial charge in [-0.15, -0.1) is 0 Å². The highest BCUT2D eigenvalue weighted by atomic mass is 15.2. The van der Waals surface area contributed by atoms with Crippen molar-refractivity contribution >= 4 is 5.82 Å². The quantitative estimate of drug-likeness (QED) is 0.775. The zero-order chi connectivity index (χ0) is 10.7. The Balaban J connectivity index is 2.82. The summed E-state index contributed by atoms with van der Waals surface area (Å²) < 4.78 is 0. The van der Waals surface area contributed by atoms with E-state index in [9.17, 15) is 0 Å². The molecule has 2 N–H and O–H groups in total. The number of aromatic nitrogens is 2. The number of H-pyrrole nitrogens is 1. The Morgan fingerprint density at radius 1 is 1.29 bits per heavy atom. The van der Waals surface area contributed by atoms with E-state index in [1.807, 2.05) is 0 Å². The number of hydrogen-bond donors (Lipinski definition) is 2. The fraction of sp³-hybridized carbons (Fsp3) is 0.727. The van der Waals surface area contributed by atoms with E-state index < -0.39 is 0 Å². The van der Waals surface area contributed by atoms with E-state index in [0.29, 0.717) is 12.0 Å². The van der Waals surface area contributed by atoms with Crippen LogP contribution in [-0.4, -0.2) is 16.2 Å². The third-order valence-electron chi connectivity index (χ3n) is 2.11. The lowest BCUT2D eigenvalue weighted by atomic mass is 10.0. The van der Waals surface area contributed by atoms with Gasteiger partial charge < -0.3 is 5.32 Å². The van der Waals surface area contributed by atoms with Gasteiger partial charge in [0.05, 0.1) is 0 Å². The zero-order valence-electron chi connectivity index (χ0n) is 9.81. The number of rotatable bonds is 4. The molecule has 0 amide bonds. The molecule has 0 atom stereocenters. The Kier molecular flexibility index (Phi) is 3.55. The van der Waals surface area contributed by atoms with Gasteiger partial charge >= 0.3 is 0 Å². The van der Waals surface area contributed by atoms with Crippen LogP contribution >= 0.6 is 0 Å². The third kappa shape index (κ3) is 2.76. The van der Waals surface area contributed by atoms with E-state index in [2.05, 4.69) is 50.1 Å². The molecule has 0 aliphatic heterocycles. The van der Waals surface area contributed by atoms with Crippen LogP contribution in [-0.2, 0) is 6.42 Å². The lowest BCUT2D eigenvalue weighted by molar-refractivity contribution is 0.645. The molecule has 0 aliphatic carbocycles. The largest absolute Gasteiger partial charge is 0.366 e. The Morgan fingerprint density at radius 2 is 1.93 bits per heavy atom. The number of hydrogen-bond acceptors (Lipinski definition) is 2. The SMILES string of the molecule is Cc1[nH]nc(NC(C)C)c1CC(C)C. The molecule has 1 aromatic heterocycles. The van der Waals surface area contributed by atoms with Crippen LogP contribution < -0.4 is 5.32 Å². The molecule has 3 heteroatoms. The summed E-state index contributed by atoms with van der Waals surface area (Å²) in [6.07, 6.45) is 1.08. The normalized spacial score (nSPS) is 11.4. The molecule has 0 unspecified atom stereocenters. The summed E-state index contributed by atoms with van der Waals surface area (Å²) >= 11 is 0. The second-order valence-corrected chi connectivity index (χ2v) is 4.57. The number of aromatic amines is 1. The maximum Gasteiger partial charge on any atom is 0.151 e. The van der Waals surface area contributed by atoms with Crippen molar-refractivity contribution in [2.24, 2.45) is 5.92 Å². The van der Waals surface area contributed by atoms with Crippen LogP contribution in [0.3, 0.4) is 0 Å². The van der Waals surface area contributed by atoms with E-state index in [1.165, 1.54) is 11.3 Å². The van der Waals surface area contributed by atoms with Crippen LogP contribution in [0.15, 0.2) is 0 Å². The van der Waals surface area contributed by atoms with Gasteiger partial charge in [0.2, 0.25) is 0 Å². The molecular weight excluding hydrogens is 174 g/mol. The number of anilines is 1. The van der Waals surface area contributed by atoms with Crippen molar-refractivity contribution in [2.75, 3.05) is 5.32 Å². The van der Waals surface area contributed by atoms with Gasteiger partial charge in [0.1, 0.15) is 0 Å². The summed E-state index contributed by atoms with van der Waals surface area (Å²) in [6.45, 7) is 10.8. The standard InChI is InChI=1S/C11H21N3/c1-7(2)6-10-9(5)13-14-11(10)12-8(3)4/h7-8H,6H2,1-5H3,(H2,12,13,14). The highest BCUT2D eigenvalue weighted by molar-refractivity contribution is 5.46. The zero-order valence-corrected chi connectivity index (χ0v) is 9.81. The predicted molar refractivity (Wildman–Crippen MR) is 60.6 cm³/mol. The van der Waals surface area contributed by atoms with Crippen molar-refractivity contribution in [2.45, 2.75) is 47.1 Å². The fourth-order valence-corrected chi connectivity index (χ4v) is 1.50. The summed E-state index contributed by atoms with van der Waals surface area (Å²) in [4.78, 5) is 0. The van der Waals surface area contributed by atoms with Gasteiger partial charge in [-0.2, -0.15) is 5.10 Å². The fourth-order valence-electron chi connectivity index (χ4n) is 1.50. The summed E-state index contributed by atoms with van der Waals surface area (Å²) in [5, 5.41) is 10.7. The van der Waals surface area contributed by atoms with Crippen LogP contribution in [0, 0.1) is 12.8 Å². The first kappa shape index (κ1) is 11.1. The van der Waals surface area contributed by atoms with Crippen molar-refractivity contribution in [3.63, 3.8) is 0 Å². The van der Waals surface area contributed by atoms with E-state index in [4.69, 9.17) is 0 Å². The number of nitrogens with zero attached hydrogens (tertiary/aromatic N) is 1. The number of nitrogens with one attached hydrogen (secondary N) is 2. The van der Waals surface area contributed by atoms with Crippen LogP contribution in [0.4, 0.5) is 5.82 Å². The second-order valence-electron chi connectivity index (χ2n) is 4.57. The monoisotopic (exact) mass is 195 g/mol. The highest BCUT2D eigenvalue weighted by Crippen LogP contribution is 2.20. The van der Waals surface area contributed by atoms with E-state index >= 15 is 0 Å². The van der Waals surface area contributed by atoms with Crippen molar-refractivity contribution in [3.05, 3.63) is 11.3 Å². The lowest BCUT2D eigenvalue weighted by Crippen LogP contribution is -2.12. The summed E-state index contributed by atoms with van der Waals surface area (Å²) in [5.41, 5.74) is 2.51. The summed E-state index contributed by atoms with van der Waals surface area (Å²) in [5.74, 6) is 1.69. The minimum absolute atomic E-state index is 0.434. The first-order chi connectivity index (χ1) is 6.50. The van der Waals surface area contributed by atoms with Crippen LogP contribution in [0.25, 0.3) is 0 Å². The molecule has 0 saturated heterocycles. The first-order valence-electron chi connectivity index (χ1n) is 5.31. The molecule has 0 spiro atoms. The maximum absolute atomic E-state index is 4.27. The predicted octanol–water partition coefficient (Wildman–Crippen LogP) is 2.74. The molecule has 0 bridgehead atoms. The Bertz CT molecular complexity index is 287. The van der Waals surface area contributed by atoms with Gasteiger partial charge in [-0.3, -0.25) is 5.10 Å². The van der Waals surface area contributed by atoms with Gasteiger partial charge in [0.25, 0.3) is 0 Å². The Morgan fingerprint density at radius 3 is 2.43 bits per heavy atom. The topological polar surface area (TPSA) is 40.7 Å². The molecule has 0 saturated carbocycles.